The highest BCUT2D eigenvalue weighted by molar-refractivity contribution is 7.71. The van der Waals surface area contributed by atoms with Crippen LogP contribution in [0.4, 0.5) is 11.6 Å². The third-order valence-corrected chi connectivity index (χ3v) is 3.12. The summed E-state index contributed by atoms with van der Waals surface area (Å²) in [5.74, 6) is 0.806. The third kappa shape index (κ3) is 2.24. The van der Waals surface area contributed by atoms with Gasteiger partial charge in [-0.15, -0.1) is 5.10 Å². The second-order valence-corrected chi connectivity index (χ2v) is 4.68. The van der Waals surface area contributed by atoms with Crippen LogP contribution in [0.15, 0.2) is 18.2 Å². The van der Waals surface area contributed by atoms with Gasteiger partial charge in [0.25, 0.3) is 0 Å². The molecule has 0 saturated carbocycles. The van der Waals surface area contributed by atoms with Gasteiger partial charge >= 0.3 is 0 Å². The molecule has 0 fully saturated rings. The predicted molar refractivity (Wildman–Crippen MR) is 72.4 cm³/mol. The smallest absolute Gasteiger partial charge is 0.229 e. The van der Waals surface area contributed by atoms with E-state index in [4.69, 9.17) is 12.2 Å². The Morgan fingerprint density at radius 1 is 1.24 bits per heavy atom. The molecular formula is C12H16N4S. The lowest BCUT2D eigenvalue weighted by Crippen LogP contribution is -2.14. The maximum absolute atomic E-state index is 5.11. The standard InChI is InChI=1S/C12H16N4S/c1-8-5-9(2)7-10(6-8)15(3)11-13-14-12(17)16(11)4/h5-7H,1-4H3,(H,14,17). The van der Waals surface area contributed by atoms with Gasteiger partial charge in [-0.05, 0) is 49.3 Å². The Morgan fingerprint density at radius 2 is 1.82 bits per heavy atom. The Balaban J connectivity index is 2.46. The van der Waals surface area contributed by atoms with Gasteiger partial charge in [-0.3, -0.25) is 4.57 Å². The third-order valence-electron chi connectivity index (χ3n) is 2.75. The molecule has 2 aromatic rings. The second kappa shape index (κ2) is 4.33. The molecule has 0 amide bonds. The summed E-state index contributed by atoms with van der Waals surface area (Å²) in [6.07, 6.45) is 0. The molecule has 1 aromatic heterocycles. The van der Waals surface area contributed by atoms with Crippen molar-refractivity contribution in [2.45, 2.75) is 13.8 Å². The van der Waals surface area contributed by atoms with Gasteiger partial charge in [0, 0.05) is 19.8 Å². The summed E-state index contributed by atoms with van der Waals surface area (Å²) in [5.41, 5.74) is 3.59. The molecular weight excluding hydrogens is 232 g/mol. The number of anilines is 2. The van der Waals surface area contributed by atoms with Gasteiger partial charge in [-0.2, -0.15) is 0 Å². The molecule has 0 unspecified atom stereocenters. The highest BCUT2D eigenvalue weighted by Crippen LogP contribution is 2.23. The van der Waals surface area contributed by atoms with Crippen molar-refractivity contribution in [3.8, 4) is 0 Å². The van der Waals surface area contributed by atoms with Crippen LogP contribution in [0.2, 0.25) is 0 Å². The molecule has 4 nitrogen and oxygen atoms in total. The van der Waals surface area contributed by atoms with Crippen molar-refractivity contribution >= 4 is 23.9 Å². The zero-order valence-corrected chi connectivity index (χ0v) is 11.3. The van der Waals surface area contributed by atoms with Gasteiger partial charge in [0.15, 0.2) is 4.77 Å². The molecule has 0 aliphatic carbocycles. The molecule has 1 heterocycles. The first-order chi connectivity index (χ1) is 7.99. The molecule has 1 aromatic carbocycles. The van der Waals surface area contributed by atoms with Crippen molar-refractivity contribution in [3.63, 3.8) is 0 Å². The number of rotatable bonds is 2. The number of hydrogen-bond acceptors (Lipinski definition) is 3. The zero-order valence-electron chi connectivity index (χ0n) is 10.5. The van der Waals surface area contributed by atoms with Crippen LogP contribution in [0.5, 0.6) is 0 Å². The first-order valence-electron chi connectivity index (χ1n) is 5.42. The van der Waals surface area contributed by atoms with Crippen molar-refractivity contribution in [2.75, 3.05) is 11.9 Å². The van der Waals surface area contributed by atoms with E-state index >= 15 is 0 Å². The fraction of sp³-hybridized carbons (Fsp3) is 0.333. The molecule has 17 heavy (non-hydrogen) atoms. The van der Waals surface area contributed by atoms with Gasteiger partial charge in [-0.1, -0.05) is 6.07 Å². The summed E-state index contributed by atoms with van der Waals surface area (Å²) in [5, 5.41) is 7.01. The van der Waals surface area contributed by atoms with Crippen molar-refractivity contribution in [1.29, 1.82) is 0 Å². The number of aromatic nitrogens is 3. The zero-order chi connectivity index (χ0) is 12.6. The molecule has 0 spiro atoms. The summed E-state index contributed by atoms with van der Waals surface area (Å²) in [6.45, 7) is 4.18. The SMILES string of the molecule is Cc1cc(C)cc(N(C)c2n[nH]c(=S)n2C)c1. The second-order valence-electron chi connectivity index (χ2n) is 4.29. The highest BCUT2D eigenvalue weighted by Gasteiger charge is 2.10. The number of aryl methyl sites for hydroxylation is 2. The number of aromatic amines is 1. The van der Waals surface area contributed by atoms with E-state index in [2.05, 4.69) is 42.2 Å². The van der Waals surface area contributed by atoms with Crippen LogP contribution in [0.1, 0.15) is 11.1 Å². The van der Waals surface area contributed by atoms with E-state index in [1.807, 2.05) is 23.6 Å². The molecule has 0 atom stereocenters. The van der Waals surface area contributed by atoms with Crippen molar-refractivity contribution in [1.82, 2.24) is 14.8 Å². The molecule has 5 heteroatoms. The van der Waals surface area contributed by atoms with Crippen LogP contribution < -0.4 is 4.90 Å². The van der Waals surface area contributed by atoms with Crippen LogP contribution in [0.25, 0.3) is 0 Å². The summed E-state index contributed by atoms with van der Waals surface area (Å²) < 4.78 is 2.48. The summed E-state index contributed by atoms with van der Waals surface area (Å²) in [7, 11) is 3.89. The lowest BCUT2D eigenvalue weighted by molar-refractivity contribution is 0.870. The quantitative estimate of drug-likeness (QED) is 0.830. The Hall–Kier alpha value is -1.62. The normalized spacial score (nSPS) is 10.6. The first-order valence-corrected chi connectivity index (χ1v) is 5.83. The minimum atomic E-state index is 0.622. The number of nitrogens with zero attached hydrogens (tertiary/aromatic N) is 3. The molecule has 0 radical (unpaired) electrons. The number of H-pyrrole nitrogens is 1. The summed E-state index contributed by atoms with van der Waals surface area (Å²) >= 11 is 5.11. The molecule has 1 N–H and O–H groups in total. The van der Waals surface area contributed by atoms with Crippen molar-refractivity contribution in [2.24, 2.45) is 7.05 Å². The van der Waals surface area contributed by atoms with E-state index in [1.54, 1.807) is 0 Å². The van der Waals surface area contributed by atoms with Gasteiger partial charge in [0.1, 0.15) is 0 Å². The van der Waals surface area contributed by atoms with E-state index < -0.39 is 0 Å². The summed E-state index contributed by atoms with van der Waals surface area (Å²) in [6, 6.07) is 6.41. The highest BCUT2D eigenvalue weighted by atomic mass is 32.1. The van der Waals surface area contributed by atoms with E-state index in [-0.39, 0.29) is 0 Å². The Labute approximate surface area is 106 Å². The molecule has 0 bridgehead atoms. The lowest BCUT2D eigenvalue weighted by atomic mass is 10.1. The average molecular weight is 248 g/mol. The van der Waals surface area contributed by atoms with Crippen LogP contribution in [0, 0.1) is 18.6 Å². The summed E-state index contributed by atoms with van der Waals surface area (Å²) in [4.78, 5) is 2.02. The van der Waals surface area contributed by atoms with Crippen molar-refractivity contribution < 1.29 is 0 Å². The molecule has 0 saturated heterocycles. The average Bonchev–Trinajstić information content (AvgIpc) is 2.57. The predicted octanol–water partition coefficient (Wildman–Crippen LogP) is 2.86. The van der Waals surface area contributed by atoms with Crippen LogP contribution in [0.3, 0.4) is 0 Å². The lowest BCUT2D eigenvalue weighted by Gasteiger charge is -2.18. The van der Waals surface area contributed by atoms with E-state index in [0.29, 0.717) is 4.77 Å². The van der Waals surface area contributed by atoms with Crippen LogP contribution in [-0.4, -0.2) is 21.8 Å². The molecule has 2 rings (SSSR count). The van der Waals surface area contributed by atoms with E-state index in [0.717, 1.165) is 11.6 Å². The van der Waals surface area contributed by atoms with E-state index in [1.165, 1.54) is 11.1 Å². The van der Waals surface area contributed by atoms with Gasteiger partial charge in [0.05, 0.1) is 0 Å². The number of hydrogen-bond donors (Lipinski definition) is 1. The maximum atomic E-state index is 5.11. The van der Waals surface area contributed by atoms with Gasteiger partial charge < -0.3 is 4.90 Å². The van der Waals surface area contributed by atoms with Crippen molar-refractivity contribution in [3.05, 3.63) is 34.1 Å². The number of nitrogens with one attached hydrogen (secondary N) is 1. The Kier molecular flexibility index (Phi) is 3.02. The van der Waals surface area contributed by atoms with Gasteiger partial charge in [0.2, 0.25) is 5.95 Å². The molecule has 90 valence electrons. The molecule has 0 aliphatic rings. The number of benzene rings is 1. The van der Waals surface area contributed by atoms with E-state index in [9.17, 15) is 0 Å². The maximum Gasteiger partial charge on any atom is 0.229 e. The van der Waals surface area contributed by atoms with Gasteiger partial charge in [-0.25, -0.2) is 5.10 Å². The molecule has 0 aliphatic heterocycles. The first kappa shape index (κ1) is 11.9. The largest absolute Gasteiger partial charge is 0.314 e. The topological polar surface area (TPSA) is 36.9 Å². The minimum Gasteiger partial charge on any atom is -0.314 e. The monoisotopic (exact) mass is 248 g/mol. The minimum absolute atomic E-state index is 0.622. The Bertz CT molecular complexity index is 577. The Morgan fingerprint density at radius 3 is 2.29 bits per heavy atom. The fourth-order valence-electron chi connectivity index (χ4n) is 1.90. The van der Waals surface area contributed by atoms with Crippen LogP contribution >= 0.6 is 12.2 Å². The fourth-order valence-corrected chi connectivity index (χ4v) is 2.03. The van der Waals surface area contributed by atoms with Crippen LogP contribution in [-0.2, 0) is 7.05 Å².